The number of hydrogen-bond donors (Lipinski definition) is 1. The summed E-state index contributed by atoms with van der Waals surface area (Å²) in [7, 11) is 0. The fourth-order valence-electron chi connectivity index (χ4n) is 2.12. The molecule has 0 saturated heterocycles. The summed E-state index contributed by atoms with van der Waals surface area (Å²) >= 11 is 1.41. The molecule has 0 aliphatic carbocycles. The van der Waals surface area contributed by atoms with Crippen molar-refractivity contribution in [2.75, 3.05) is 23.3 Å². The summed E-state index contributed by atoms with van der Waals surface area (Å²) in [4.78, 5) is 2.37. The quantitative estimate of drug-likeness (QED) is 0.883. The van der Waals surface area contributed by atoms with Crippen LogP contribution in [0, 0.1) is 0 Å². The highest BCUT2D eigenvalue weighted by Crippen LogP contribution is 2.28. The molecule has 2 aromatic rings. The third-order valence-electron chi connectivity index (χ3n) is 2.92. The van der Waals surface area contributed by atoms with E-state index in [1.807, 2.05) is 5.38 Å². The van der Waals surface area contributed by atoms with Gasteiger partial charge in [-0.15, -0.1) is 5.10 Å². The lowest BCUT2D eigenvalue weighted by atomic mass is 10.2. The largest absolute Gasteiger partial charge is 0.383 e. The molecule has 17 heavy (non-hydrogen) atoms. The van der Waals surface area contributed by atoms with Gasteiger partial charge in [-0.3, -0.25) is 0 Å². The molecule has 1 aliphatic rings. The second-order valence-corrected chi connectivity index (χ2v) is 4.73. The van der Waals surface area contributed by atoms with Gasteiger partial charge in [-0.05, 0) is 30.1 Å². The van der Waals surface area contributed by atoms with Gasteiger partial charge in [0.25, 0.3) is 0 Å². The SMILES string of the molecule is c1ccc2c(c1)NCCCN2Cc1csnn1. The lowest BCUT2D eigenvalue weighted by molar-refractivity contribution is 0.749. The average molecular weight is 246 g/mol. The van der Waals surface area contributed by atoms with Crippen LogP contribution < -0.4 is 10.2 Å². The molecule has 1 aromatic carbocycles. The highest BCUT2D eigenvalue weighted by Gasteiger charge is 2.15. The van der Waals surface area contributed by atoms with Crippen molar-refractivity contribution in [1.82, 2.24) is 9.59 Å². The first-order valence-corrected chi connectivity index (χ1v) is 6.61. The molecule has 0 amide bonds. The number of fused-ring (bicyclic) bond motifs is 1. The molecule has 0 spiro atoms. The smallest absolute Gasteiger partial charge is 0.0948 e. The van der Waals surface area contributed by atoms with Crippen LogP contribution in [0.25, 0.3) is 0 Å². The summed E-state index contributed by atoms with van der Waals surface area (Å²) in [6.45, 7) is 2.93. The van der Waals surface area contributed by atoms with Crippen LogP contribution in [0.2, 0.25) is 0 Å². The van der Waals surface area contributed by atoms with Gasteiger partial charge in [0.1, 0.15) is 0 Å². The Morgan fingerprint density at radius 2 is 2.29 bits per heavy atom. The van der Waals surface area contributed by atoms with Crippen LogP contribution in [0.5, 0.6) is 0 Å². The summed E-state index contributed by atoms with van der Waals surface area (Å²) in [5.74, 6) is 0. The van der Waals surface area contributed by atoms with Crippen molar-refractivity contribution in [2.24, 2.45) is 0 Å². The Balaban J connectivity index is 1.89. The summed E-state index contributed by atoms with van der Waals surface area (Å²) in [5.41, 5.74) is 3.53. The Bertz CT molecular complexity index is 483. The molecule has 0 fully saturated rings. The van der Waals surface area contributed by atoms with E-state index < -0.39 is 0 Å². The fraction of sp³-hybridized carbons (Fsp3) is 0.333. The summed E-state index contributed by atoms with van der Waals surface area (Å²) in [6.07, 6.45) is 1.15. The molecule has 5 heteroatoms. The van der Waals surface area contributed by atoms with Crippen molar-refractivity contribution in [3.8, 4) is 0 Å². The minimum Gasteiger partial charge on any atom is -0.383 e. The van der Waals surface area contributed by atoms with Crippen LogP contribution in [0.4, 0.5) is 11.4 Å². The van der Waals surface area contributed by atoms with E-state index in [1.165, 1.54) is 22.9 Å². The Morgan fingerprint density at radius 3 is 3.18 bits per heavy atom. The molecule has 88 valence electrons. The van der Waals surface area contributed by atoms with Gasteiger partial charge in [0.15, 0.2) is 0 Å². The second kappa shape index (κ2) is 4.71. The van der Waals surface area contributed by atoms with Crippen molar-refractivity contribution in [2.45, 2.75) is 13.0 Å². The first kappa shape index (κ1) is 10.5. The van der Waals surface area contributed by atoms with E-state index in [-0.39, 0.29) is 0 Å². The molecule has 1 N–H and O–H groups in total. The number of nitrogens with zero attached hydrogens (tertiary/aromatic N) is 3. The summed E-state index contributed by atoms with van der Waals surface area (Å²) in [5, 5.41) is 9.59. The lowest BCUT2D eigenvalue weighted by Crippen LogP contribution is -2.23. The molecule has 0 bridgehead atoms. The number of rotatable bonds is 2. The minimum atomic E-state index is 0.842. The van der Waals surface area contributed by atoms with Gasteiger partial charge in [0.05, 0.1) is 23.6 Å². The van der Waals surface area contributed by atoms with Gasteiger partial charge in [0, 0.05) is 18.5 Å². The van der Waals surface area contributed by atoms with Crippen molar-refractivity contribution in [1.29, 1.82) is 0 Å². The zero-order chi connectivity index (χ0) is 11.5. The van der Waals surface area contributed by atoms with E-state index in [0.717, 1.165) is 31.7 Å². The maximum atomic E-state index is 4.12. The Morgan fingerprint density at radius 1 is 1.35 bits per heavy atom. The molecular weight excluding hydrogens is 232 g/mol. The van der Waals surface area contributed by atoms with Gasteiger partial charge in [-0.25, -0.2) is 0 Å². The van der Waals surface area contributed by atoms with Gasteiger partial charge in [0.2, 0.25) is 0 Å². The highest BCUT2D eigenvalue weighted by atomic mass is 32.1. The second-order valence-electron chi connectivity index (χ2n) is 4.12. The molecule has 0 radical (unpaired) electrons. The average Bonchev–Trinajstić information content (AvgIpc) is 2.78. The van der Waals surface area contributed by atoms with Gasteiger partial charge in [-0.1, -0.05) is 16.6 Å². The maximum Gasteiger partial charge on any atom is 0.0948 e. The number of para-hydroxylation sites is 2. The predicted molar refractivity (Wildman–Crippen MR) is 70.5 cm³/mol. The number of anilines is 2. The standard InChI is InChI=1S/C12H14N4S/c1-2-5-12-11(4-1)13-6-3-7-16(12)8-10-9-17-15-14-10/h1-2,4-5,9,13H,3,6-8H2. The van der Waals surface area contributed by atoms with Gasteiger partial charge < -0.3 is 10.2 Å². The van der Waals surface area contributed by atoms with Gasteiger partial charge in [-0.2, -0.15) is 0 Å². The third-order valence-corrected chi connectivity index (χ3v) is 3.48. The third kappa shape index (κ3) is 2.24. The first-order chi connectivity index (χ1) is 8.43. The van der Waals surface area contributed by atoms with Crippen molar-refractivity contribution < 1.29 is 0 Å². The van der Waals surface area contributed by atoms with Crippen LogP contribution in [-0.4, -0.2) is 22.7 Å². The summed E-state index contributed by atoms with van der Waals surface area (Å²) < 4.78 is 3.92. The molecule has 4 nitrogen and oxygen atoms in total. The molecule has 2 heterocycles. The van der Waals surface area contributed by atoms with E-state index in [4.69, 9.17) is 0 Å². The number of benzene rings is 1. The Hall–Kier alpha value is -1.62. The maximum absolute atomic E-state index is 4.12. The minimum absolute atomic E-state index is 0.842. The Kier molecular flexibility index (Phi) is 2.92. The number of hydrogen-bond acceptors (Lipinski definition) is 5. The molecule has 1 aromatic heterocycles. The fourth-order valence-corrected chi connectivity index (χ4v) is 2.57. The molecule has 3 rings (SSSR count). The molecule has 1 aliphatic heterocycles. The predicted octanol–water partition coefficient (Wildman–Crippen LogP) is 2.36. The Labute approximate surface area is 104 Å². The van der Waals surface area contributed by atoms with E-state index in [9.17, 15) is 0 Å². The number of nitrogens with one attached hydrogen (secondary N) is 1. The summed E-state index contributed by atoms with van der Waals surface area (Å²) in [6, 6.07) is 8.44. The van der Waals surface area contributed by atoms with Gasteiger partial charge >= 0.3 is 0 Å². The van der Waals surface area contributed by atoms with Crippen molar-refractivity contribution >= 4 is 22.9 Å². The monoisotopic (exact) mass is 246 g/mol. The highest BCUT2D eigenvalue weighted by molar-refractivity contribution is 7.03. The van der Waals surface area contributed by atoms with E-state index >= 15 is 0 Å². The van der Waals surface area contributed by atoms with Crippen LogP contribution in [0.15, 0.2) is 29.6 Å². The van der Waals surface area contributed by atoms with Crippen LogP contribution in [-0.2, 0) is 6.54 Å². The van der Waals surface area contributed by atoms with Crippen LogP contribution in [0.1, 0.15) is 12.1 Å². The number of aromatic nitrogens is 2. The van der Waals surface area contributed by atoms with E-state index in [0.29, 0.717) is 0 Å². The molecule has 0 atom stereocenters. The van der Waals surface area contributed by atoms with E-state index in [2.05, 4.69) is 44.1 Å². The normalized spacial score (nSPS) is 14.9. The zero-order valence-electron chi connectivity index (χ0n) is 9.47. The van der Waals surface area contributed by atoms with Crippen molar-refractivity contribution in [3.63, 3.8) is 0 Å². The molecular formula is C12H14N4S. The lowest BCUT2D eigenvalue weighted by Gasteiger charge is -2.23. The molecule has 0 unspecified atom stereocenters. The molecule has 0 saturated carbocycles. The van der Waals surface area contributed by atoms with Crippen LogP contribution in [0.3, 0.4) is 0 Å². The zero-order valence-corrected chi connectivity index (χ0v) is 10.3. The van der Waals surface area contributed by atoms with Crippen molar-refractivity contribution in [3.05, 3.63) is 35.3 Å². The topological polar surface area (TPSA) is 41.0 Å². The first-order valence-electron chi connectivity index (χ1n) is 5.77. The van der Waals surface area contributed by atoms with E-state index in [1.54, 1.807) is 0 Å². The van der Waals surface area contributed by atoms with Crippen LogP contribution >= 0.6 is 11.5 Å².